The summed E-state index contributed by atoms with van der Waals surface area (Å²) in [6.45, 7) is 4.72. The van der Waals surface area contributed by atoms with E-state index < -0.39 is 5.97 Å². The maximum atomic E-state index is 13.2. The Kier molecular flexibility index (Phi) is 5.50. The Morgan fingerprint density at radius 3 is 2.52 bits per heavy atom. The highest BCUT2D eigenvalue weighted by Gasteiger charge is 2.29. The number of anilines is 1. The van der Waals surface area contributed by atoms with Gasteiger partial charge in [0.15, 0.2) is 0 Å². The molecule has 1 aromatic carbocycles. The highest BCUT2D eigenvalue weighted by atomic mass is 32.1. The van der Waals surface area contributed by atoms with Crippen molar-refractivity contribution in [1.82, 2.24) is 9.97 Å². The summed E-state index contributed by atoms with van der Waals surface area (Å²) in [5.41, 5.74) is 2.15. The van der Waals surface area contributed by atoms with E-state index in [1.54, 1.807) is 23.5 Å². The Labute approximate surface area is 173 Å². The molecule has 2 N–H and O–H groups in total. The number of hydrogen-bond acceptors (Lipinski definition) is 5. The Morgan fingerprint density at radius 2 is 1.86 bits per heavy atom. The van der Waals surface area contributed by atoms with E-state index >= 15 is 0 Å². The number of hydrogen-bond donors (Lipinski definition) is 2. The number of aromatic nitrogens is 2. The first-order valence-corrected chi connectivity index (χ1v) is 10.7. The van der Waals surface area contributed by atoms with Gasteiger partial charge in [-0.3, -0.25) is 4.79 Å². The molecule has 3 aromatic rings. The predicted octanol–water partition coefficient (Wildman–Crippen LogP) is 5.42. The molecule has 0 amide bonds. The van der Waals surface area contributed by atoms with Gasteiger partial charge in [0, 0.05) is 17.3 Å². The summed E-state index contributed by atoms with van der Waals surface area (Å²) in [7, 11) is 0. The molecule has 0 radical (unpaired) electrons. The van der Waals surface area contributed by atoms with Gasteiger partial charge in [0.25, 0.3) is 0 Å². The molecule has 0 atom stereocenters. The molecule has 5 nitrogen and oxygen atoms in total. The minimum absolute atomic E-state index is 0.184. The molecular weight excluding hydrogens is 389 g/mol. The van der Waals surface area contributed by atoms with E-state index in [1.165, 1.54) is 22.6 Å². The number of thiophene rings is 1. The van der Waals surface area contributed by atoms with Crippen LogP contribution in [0.15, 0.2) is 24.3 Å². The van der Waals surface area contributed by atoms with Crippen LogP contribution in [0.4, 0.5) is 10.2 Å². The van der Waals surface area contributed by atoms with Crippen molar-refractivity contribution in [3.63, 3.8) is 0 Å². The molecule has 1 fully saturated rings. The fourth-order valence-electron chi connectivity index (χ4n) is 3.96. The Balaban J connectivity index is 1.63. The summed E-state index contributed by atoms with van der Waals surface area (Å²) in [4.78, 5) is 23.1. The van der Waals surface area contributed by atoms with Crippen LogP contribution >= 0.6 is 11.3 Å². The van der Waals surface area contributed by atoms with Crippen molar-refractivity contribution in [2.24, 2.45) is 5.92 Å². The summed E-state index contributed by atoms with van der Waals surface area (Å²) in [5, 5.41) is 13.7. The van der Waals surface area contributed by atoms with Crippen molar-refractivity contribution >= 4 is 33.3 Å². The molecular formula is C22H24FN3O2S. The van der Waals surface area contributed by atoms with Gasteiger partial charge in [-0.05, 0) is 62.8 Å². The molecule has 4 rings (SSSR count). The van der Waals surface area contributed by atoms with Gasteiger partial charge >= 0.3 is 5.97 Å². The lowest BCUT2D eigenvalue weighted by Crippen LogP contribution is -2.21. The number of benzene rings is 1. The van der Waals surface area contributed by atoms with E-state index in [2.05, 4.69) is 19.2 Å². The maximum Gasteiger partial charge on any atom is 0.306 e. The normalized spacial score (nSPS) is 19.4. The van der Waals surface area contributed by atoms with E-state index in [4.69, 9.17) is 9.97 Å². The fourth-order valence-corrected chi connectivity index (χ4v) is 5.00. The van der Waals surface area contributed by atoms with Crippen LogP contribution in [0.25, 0.3) is 10.2 Å². The zero-order valence-electron chi connectivity index (χ0n) is 16.5. The molecule has 0 bridgehead atoms. The number of carboxylic acid groups (broad SMARTS) is 1. The van der Waals surface area contributed by atoms with E-state index in [1.807, 2.05) is 0 Å². The summed E-state index contributed by atoms with van der Waals surface area (Å²) in [5.74, 6) is 0.579. The minimum Gasteiger partial charge on any atom is -0.481 e. The molecule has 0 saturated heterocycles. The first-order chi connectivity index (χ1) is 13.9. The quantitative estimate of drug-likeness (QED) is 0.584. The largest absolute Gasteiger partial charge is 0.481 e. The Bertz CT molecular complexity index is 1040. The van der Waals surface area contributed by atoms with Crippen molar-refractivity contribution in [3.05, 3.63) is 51.9 Å². The highest BCUT2D eigenvalue weighted by molar-refractivity contribution is 7.18. The molecule has 1 aliphatic rings. The summed E-state index contributed by atoms with van der Waals surface area (Å²) in [6.07, 6.45) is 2.93. The van der Waals surface area contributed by atoms with Crippen LogP contribution in [0.2, 0.25) is 0 Å². The van der Waals surface area contributed by atoms with Gasteiger partial charge in [-0.2, -0.15) is 0 Å². The first kappa shape index (κ1) is 19.8. The molecule has 2 aromatic heterocycles. The zero-order chi connectivity index (χ0) is 20.5. The molecule has 7 heteroatoms. The molecule has 29 heavy (non-hydrogen) atoms. The average Bonchev–Trinajstić information content (AvgIpc) is 3.01. The molecule has 2 heterocycles. The second kappa shape index (κ2) is 8.06. The van der Waals surface area contributed by atoms with Crippen LogP contribution in [0, 0.1) is 25.6 Å². The standard InChI is InChI=1S/C22H24FN3O2S/c1-12-13(2)29-21-18(12)20(24-11-14-3-9-17(23)10-4-14)25-19(26-21)15-5-7-16(8-6-15)22(27)28/h3-4,9-10,15-16H,5-8,11H2,1-2H3,(H,27,28)(H,24,25,26). The van der Waals surface area contributed by atoms with Crippen LogP contribution in [0.1, 0.15) is 53.4 Å². The van der Waals surface area contributed by atoms with Gasteiger partial charge in [-0.1, -0.05) is 12.1 Å². The van der Waals surface area contributed by atoms with Crippen molar-refractivity contribution in [1.29, 1.82) is 0 Å². The third-order valence-electron chi connectivity index (χ3n) is 5.86. The zero-order valence-corrected chi connectivity index (χ0v) is 17.4. The SMILES string of the molecule is Cc1sc2nc(C3CCC(C(=O)O)CC3)nc(NCc3ccc(F)cc3)c2c1C. The number of fused-ring (bicyclic) bond motifs is 1. The number of carboxylic acids is 1. The number of aliphatic carboxylic acids is 1. The number of carbonyl (C=O) groups is 1. The summed E-state index contributed by atoms with van der Waals surface area (Å²) >= 11 is 1.67. The Hall–Kier alpha value is -2.54. The lowest BCUT2D eigenvalue weighted by molar-refractivity contribution is -0.142. The van der Waals surface area contributed by atoms with Crippen molar-refractivity contribution in [2.75, 3.05) is 5.32 Å². The maximum absolute atomic E-state index is 13.2. The molecule has 1 aliphatic carbocycles. The second-order valence-corrected chi connectivity index (χ2v) is 8.96. The van der Waals surface area contributed by atoms with Crippen LogP contribution in [0.5, 0.6) is 0 Å². The number of nitrogens with zero attached hydrogens (tertiary/aromatic N) is 2. The van der Waals surface area contributed by atoms with Crippen LogP contribution < -0.4 is 5.32 Å². The van der Waals surface area contributed by atoms with Crippen LogP contribution in [-0.4, -0.2) is 21.0 Å². The van der Waals surface area contributed by atoms with Gasteiger partial charge < -0.3 is 10.4 Å². The first-order valence-electron chi connectivity index (χ1n) is 9.91. The molecule has 1 saturated carbocycles. The third-order valence-corrected chi connectivity index (χ3v) is 6.96. The van der Waals surface area contributed by atoms with Gasteiger partial charge in [0.05, 0.1) is 11.3 Å². The van der Waals surface area contributed by atoms with E-state index in [-0.39, 0.29) is 17.7 Å². The van der Waals surface area contributed by atoms with Gasteiger partial charge in [-0.25, -0.2) is 14.4 Å². The van der Waals surface area contributed by atoms with E-state index in [9.17, 15) is 14.3 Å². The number of rotatable bonds is 5. The van der Waals surface area contributed by atoms with Crippen molar-refractivity contribution in [2.45, 2.75) is 52.0 Å². The molecule has 0 spiro atoms. The van der Waals surface area contributed by atoms with Gasteiger partial charge in [0.2, 0.25) is 0 Å². The number of aryl methyl sites for hydroxylation is 2. The smallest absolute Gasteiger partial charge is 0.306 e. The lowest BCUT2D eigenvalue weighted by Gasteiger charge is -2.25. The number of nitrogens with one attached hydrogen (secondary N) is 1. The summed E-state index contributed by atoms with van der Waals surface area (Å²) < 4.78 is 13.2. The average molecular weight is 414 g/mol. The lowest BCUT2D eigenvalue weighted by atomic mass is 9.81. The topological polar surface area (TPSA) is 75.1 Å². The third kappa shape index (κ3) is 4.10. The van der Waals surface area contributed by atoms with Crippen molar-refractivity contribution in [3.8, 4) is 0 Å². The second-order valence-electron chi connectivity index (χ2n) is 7.76. The van der Waals surface area contributed by atoms with Crippen molar-refractivity contribution < 1.29 is 14.3 Å². The van der Waals surface area contributed by atoms with Crippen LogP contribution in [0.3, 0.4) is 0 Å². The van der Waals surface area contributed by atoms with Gasteiger partial charge in [-0.15, -0.1) is 11.3 Å². The van der Waals surface area contributed by atoms with E-state index in [0.29, 0.717) is 19.4 Å². The Morgan fingerprint density at radius 1 is 1.17 bits per heavy atom. The molecule has 0 aliphatic heterocycles. The monoisotopic (exact) mass is 413 g/mol. The predicted molar refractivity (Wildman–Crippen MR) is 113 cm³/mol. The summed E-state index contributed by atoms with van der Waals surface area (Å²) in [6, 6.07) is 6.44. The molecule has 152 valence electrons. The van der Waals surface area contributed by atoms with Gasteiger partial charge in [0.1, 0.15) is 22.3 Å². The minimum atomic E-state index is -0.703. The number of halogens is 1. The highest BCUT2D eigenvalue weighted by Crippen LogP contribution is 2.38. The molecule has 0 unspecified atom stereocenters. The van der Waals surface area contributed by atoms with Crippen LogP contribution in [-0.2, 0) is 11.3 Å². The fraction of sp³-hybridized carbons (Fsp3) is 0.409. The van der Waals surface area contributed by atoms with E-state index in [0.717, 1.165) is 40.3 Å².